The van der Waals surface area contributed by atoms with E-state index in [9.17, 15) is 9.18 Å². The van der Waals surface area contributed by atoms with Gasteiger partial charge in [-0.3, -0.25) is 4.79 Å². The first kappa shape index (κ1) is 13.8. The molecule has 3 heteroatoms. The average Bonchev–Trinajstić information content (AvgIpc) is 2.15. The van der Waals surface area contributed by atoms with Crippen molar-refractivity contribution in [1.82, 2.24) is 5.32 Å². The molecule has 0 heterocycles. The molecule has 94 valence electrons. The third kappa shape index (κ3) is 6.17. The summed E-state index contributed by atoms with van der Waals surface area (Å²) in [7, 11) is 0. The first-order valence-corrected chi connectivity index (χ1v) is 5.88. The molecule has 17 heavy (non-hydrogen) atoms. The lowest BCUT2D eigenvalue weighted by atomic mass is 10.1. The van der Waals surface area contributed by atoms with Crippen LogP contribution >= 0.6 is 0 Å². The van der Waals surface area contributed by atoms with Gasteiger partial charge in [-0.15, -0.1) is 0 Å². The van der Waals surface area contributed by atoms with E-state index in [1.165, 1.54) is 12.1 Å². The van der Waals surface area contributed by atoms with Crippen LogP contribution in [0.3, 0.4) is 0 Å². The number of carbonyl (C=O) groups excluding carboxylic acids is 1. The van der Waals surface area contributed by atoms with Crippen molar-refractivity contribution in [1.29, 1.82) is 0 Å². The zero-order valence-corrected chi connectivity index (χ0v) is 10.7. The molecule has 0 aliphatic heterocycles. The SMILES string of the molecule is CC(C)(C)NCCC(=O)Cc1cccc(F)c1. The highest BCUT2D eigenvalue weighted by molar-refractivity contribution is 5.81. The largest absolute Gasteiger partial charge is 0.312 e. The normalized spacial score (nSPS) is 11.5. The van der Waals surface area contributed by atoms with Crippen molar-refractivity contribution in [3.05, 3.63) is 35.6 Å². The number of rotatable bonds is 5. The third-order valence-electron chi connectivity index (χ3n) is 2.35. The number of benzene rings is 1. The summed E-state index contributed by atoms with van der Waals surface area (Å²) in [6, 6.07) is 6.20. The van der Waals surface area contributed by atoms with E-state index >= 15 is 0 Å². The van der Waals surface area contributed by atoms with E-state index in [2.05, 4.69) is 26.1 Å². The molecule has 0 atom stereocenters. The van der Waals surface area contributed by atoms with Crippen LogP contribution in [-0.4, -0.2) is 17.9 Å². The maximum absolute atomic E-state index is 12.9. The van der Waals surface area contributed by atoms with Gasteiger partial charge in [0, 0.05) is 24.9 Å². The molecule has 1 aromatic carbocycles. The van der Waals surface area contributed by atoms with Crippen molar-refractivity contribution in [2.45, 2.75) is 39.2 Å². The smallest absolute Gasteiger partial charge is 0.138 e. The van der Waals surface area contributed by atoms with E-state index in [1.54, 1.807) is 12.1 Å². The maximum Gasteiger partial charge on any atom is 0.138 e. The van der Waals surface area contributed by atoms with Gasteiger partial charge in [-0.2, -0.15) is 0 Å². The summed E-state index contributed by atoms with van der Waals surface area (Å²) in [5.74, 6) is -0.157. The number of hydrogen-bond donors (Lipinski definition) is 1. The predicted octanol–water partition coefficient (Wildman–Crippen LogP) is 2.72. The van der Waals surface area contributed by atoms with Crippen molar-refractivity contribution < 1.29 is 9.18 Å². The number of ketones is 1. The van der Waals surface area contributed by atoms with Crippen LogP contribution in [0.1, 0.15) is 32.8 Å². The van der Waals surface area contributed by atoms with Gasteiger partial charge in [-0.05, 0) is 38.5 Å². The van der Waals surface area contributed by atoms with Crippen molar-refractivity contribution in [2.75, 3.05) is 6.54 Å². The van der Waals surface area contributed by atoms with E-state index in [0.717, 1.165) is 5.56 Å². The molecule has 1 rings (SSSR count). The van der Waals surface area contributed by atoms with Crippen LogP contribution in [0.25, 0.3) is 0 Å². The first-order valence-electron chi connectivity index (χ1n) is 5.88. The molecule has 0 radical (unpaired) electrons. The molecule has 0 saturated heterocycles. The van der Waals surface area contributed by atoms with Gasteiger partial charge in [0.05, 0.1) is 0 Å². The minimum atomic E-state index is -0.289. The van der Waals surface area contributed by atoms with Gasteiger partial charge < -0.3 is 5.32 Å². The zero-order valence-electron chi connectivity index (χ0n) is 10.7. The zero-order chi connectivity index (χ0) is 12.9. The van der Waals surface area contributed by atoms with Crippen LogP contribution < -0.4 is 5.32 Å². The Labute approximate surface area is 102 Å². The minimum absolute atomic E-state index is 0.0269. The van der Waals surface area contributed by atoms with Gasteiger partial charge in [-0.25, -0.2) is 4.39 Å². The number of halogens is 1. The van der Waals surface area contributed by atoms with Crippen LogP contribution in [0.4, 0.5) is 4.39 Å². The Hall–Kier alpha value is -1.22. The monoisotopic (exact) mass is 237 g/mol. The number of Topliss-reactive ketones (excluding diaryl/α,β-unsaturated/α-hetero) is 1. The topological polar surface area (TPSA) is 29.1 Å². The maximum atomic E-state index is 12.9. The minimum Gasteiger partial charge on any atom is -0.312 e. The third-order valence-corrected chi connectivity index (χ3v) is 2.35. The number of carbonyl (C=O) groups is 1. The lowest BCUT2D eigenvalue weighted by Crippen LogP contribution is -2.37. The van der Waals surface area contributed by atoms with Crippen molar-refractivity contribution in [2.24, 2.45) is 0 Å². The summed E-state index contributed by atoms with van der Waals surface area (Å²) in [5.41, 5.74) is 0.768. The van der Waals surface area contributed by atoms with Crippen molar-refractivity contribution in [3.63, 3.8) is 0 Å². The van der Waals surface area contributed by atoms with Crippen LogP contribution in [-0.2, 0) is 11.2 Å². The molecule has 0 aliphatic rings. The molecule has 0 bridgehead atoms. The average molecular weight is 237 g/mol. The van der Waals surface area contributed by atoms with E-state index < -0.39 is 0 Å². The Kier molecular flexibility index (Phi) is 4.82. The molecule has 0 aromatic heterocycles. The second-order valence-corrected chi connectivity index (χ2v) is 5.27. The summed E-state index contributed by atoms with van der Waals surface area (Å²) in [4.78, 5) is 11.6. The van der Waals surface area contributed by atoms with Gasteiger partial charge in [0.1, 0.15) is 11.6 Å². The summed E-state index contributed by atoms with van der Waals surface area (Å²) in [6.07, 6.45) is 0.789. The van der Waals surface area contributed by atoms with E-state index in [-0.39, 0.29) is 17.1 Å². The van der Waals surface area contributed by atoms with Gasteiger partial charge in [0.2, 0.25) is 0 Å². The second kappa shape index (κ2) is 5.92. The Bertz CT molecular complexity index is 382. The van der Waals surface area contributed by atoms with E-state index in [0.29, 0.717) is 19.4 Å². The fraction of sp³-hybridized carbons (Fsp3) is 0.500. The molecule has 0 aliphatic carbocycles. The lowest BCUT2D eigenvalue weighted by Gasteiger charge is -2.20. The molecule has 1 N–H and O–H groups in total. The quantitative estimate of drug-likeness (QED) is 0.853. The molecular formula is C14H20FNO. The summed E-state index contributed by atoms with van der Waals surface area (Å²) >= 11 is 0. The fourth-order valence-corrected chi connectivity index (χ4v) is 1.54. The van der Waals surface area contributed by atoms with Gasteiger partial charge in [0.15, 0.2) is 0 Å². The summed E-state index contributed by atoms with van der Waals surface area (Å²) in [5, 5.41) is 3.26. The van der Waals surface area contributed by atoms with E-state index in [1.807, 2.05) is 0 Å². The standard InChI is InChI=1S/C14H20FNO/c1-14(2,3)16-8-7-13(17)10-11-5-4-6-12(15)9-11/h4-6,9,16H,7-8,10H2,1-3H3. The van der Waals surface area contributed by atoms with Crippen LogP contribution in [0.5, 0.6) is 0 Å². The number of hydrogen-bond acceptors (Lipinski definition) is 2. The first-order chi connectivity index (χ1) is 7.87. The highest BCUT2D eigenvalue weighted by Crippen LogP contribution is 2.06. The molecular weight excluding hydrogens is 217 g/mol. The molecule has 0 saturated carbocycles. The Morgan fingerprint density at radius 2 is 2.06 bits per heavy atom. The Morgan fingerprint density at radius 3 is 2.65 bits per heavy atom. The van der Waals surface area contributed by atoms with Crippen LogP contribution in [0, 0.1) is 5.82 Å². The molecule has 0 fully saturated rings. The molecule has 2 nitrogen and oxygen atoms in total. The Morgan fingerprint density at radius 1 is 1.35 bits per heavy atom. The van der Waals surface area contributed by atoms with Gasteiger partial charge in [-0.1, -0.05) is 12.1 Å². The summed E-state index contributed by atoms with van der Waals surface area (Å²) in [6.45, 7) is 6.84. The van der Waals surface area contributed by atoms with Crippen molar-refractivity contribution in [3.8, 4) is 0 Å². The second-order valence-electron chi connectivity index (χ2n) is 5.27. The molecule has 0 unspecified atom stereocenters. The number of nitrogens with one attached hydrogen (secondary N) is 1. The van der Waals surface area contributed by atoms with Gasteiger partial charge >= 0.3 is 0 Å². The van der Waals surface area contributed by atoms with Gasteiger partial charge in [0.25, 0.3) is 0 Å². The molecule has 0 spiro atoms. The fourth-order valence-electron chi connectivity index (χ4n) is 1.54. The summed E-state index contributed by atoms with van der Waals surface area (Å²) < 4.78 is 12.9. The predicted molar refractivity (Wildman–Crippen MR) is 67.5 cm³/mol. The Balaban J connectivity index is 2.35. The van der Waals surface area contributed by atoms with Crippen LogP contribution in [0.15, 0.2) is 24.3 Å². The highest BCUT2D eigenvalue weighted by Gasteiger charge is 2.10. The van der Waals surface area contributed by atoms with Crippen LogP contribution in [0.2, 0.25) is 0 Å². The highest BCUT2D eigenvalue weighted by atomic mass is 19.1. The lowest BCUT2D eigenvalue weighted by molar-refractivity contribution is -0.118. The molecule has 1 aromatic rings. The van der Waals surface area contributed by atoms with E-state index in [4.69, 9.17) is 0 Å². The van der Waals surface area contributed by atoms with Crippen molar-refractivity contribution >= 4 is 5.78 Å². The molecule has 0 amide bonds.